The Morgan fingerprint density at radius 2 is 2.00 bits per heavy atom. The van der Waals surface area contributed by atoms with Crippen LogP contribution >= 0.6 is 40.2 Å². The molecule has 13 heteroatoms. The number of carbonyl (C=O) groups excluding carboxylic acids is 1. The van der Waals surface area contributed by atoms with Crippen LogP contribution in [0.15, 0.2) is 35.4 Å². The minimum Gasteiger partial charge on any atom is -0.353 e. The molecule has 8 nitrogen and oxygen atoms in total. The van der Waals surface area contributed by atoms with Crippen molar-refractivity contribution < 1.29 is 13.6 Å². The Morgan fingerprint density at radius 3 is 2.61 bits per heavy atom. The molecule has 0 aliphatic heterocycles. The van der Waals surface area contributed by atoms with Gasteiger partial charge in [0.2, 0.25) is 5.91 Å². The number of anilines is 3. The number of alkyl halides is 2. The van der Waals surface area contributed by atoms with E-state index in [-0.39, 0.29) is 24.0 Å². The standard InChI is InChI=1S/C23H23F2IN7OPS/c1-11-10-32(2)20(27-11)13-6-7-14(16(8-13)36-3)28-15-9-17(30-23(34)12-4-5-12)29-21-18(15)31-22(19(24)25)33(21)35-26/h6-10,12,19,35H,4-5H2,1-3H3,(H2,28,29,30,34). The number of aromatic nitrogens is 5. The van der Waals surface area contributed by atoms with Gasteiger partial charge in [-0.2, -0.15) is 0 Å². The molecule has 1 aliphatic carbocycles. The van der Waals surface area contributed by atoms with E-state index in [1.165, 1.54) is 4.34 Å². The van der Waals surface area contributed by atoms with Crippen LogP contribution in [0.25, 0.3) is 22.6 Å². The first-order valence-electron chi connectivity index (χ1n) is 11.1. The zero-order valence-electron chi connectivity index (χ0n) is 19.6. The number of carbonyl (C=O) groups is 1. The monoisotopic (exact) mass is 641 g/mol. The maximum Gasteiger partial charge on any atom is 0.295 e. The van der Waals surface area contributed by atoms with E-state index >= 15 is 0 Å². The van der Waals surface area contributed by atoms with Gasteiger partial charge >= 0.3 is 0 Å². The number of hydrogen-bond acceptors (Lipinski definition) is 6. The van der Waals surface area contributed by atoms with E-state index in [0.29, 0.717) is 22.7 Å². The number of imidazole rings is 2. The molecule has 1 fully saturated rings. The predicted octanol–water partition coefficient (Wildman–Crippen LogP) is 6.68. The first-order chi connectivity index (χ1) is 17.3. The lowest BCUT2D eigenvalue weighted by Gasteiger charge is -2.14. The van der Waals surface area contributed by atoms with Crippen LogP contribution in [0, 0.1) is 12.8 Å². The summed E-state index contributed by atoms with van der Waals surface area (Å²) >= 11 is 3.59. The van der Waals surface area contributed by atoms with Gasteiger partial charge in [0.15, 0.2) is 11.5 Å². The SMILES string of the molecule is CSc1cc(-c2nc(C)cn2C)ccc1Nc1cc(NC(=O)C2CC2)nc2c1nc(C(F)F)n2PI. The van der Waals surface area contributed by atoms with Gasteiger partial charge in [0.1, 0.15) is 17.2 Å². The number of amides is 1. The summed E-state index contributed by atoms with van der Waals surface area (Å²) in [6.07, 6.45) is 2.86. The summed E-state index contributed by atoms with van der Waals surface area (Å²) in [7, 11) is 1.95. The topological polar surface area (TPSA) is 89.7 Å². The summed E-state index contributed by atoms with van der Waals surface area (Å²) in [5, 5.41) is 6.21. The first kappa shape index (κ1) is 25.3. The van der Waals surface area contributed by atoms with Crippen LogP contribution < -0.4 is 10.6 Å². The van der Waals surface area contributed by atoms with Gasteiger partial charge < -0.3 is 15.2 Å². The molecule has 1 aromatic carbocycles. The highest BCUT2D eigenvalue weighted by Crippen LogP contribution is 2.40. The third-order valence-corrected chi connectivity index (χ3v) is 8.68. The molecule has 2 N–H and O–H groups in total. The van der Waals surface area contributed by atoms with Crippen molar-refractivity contribution in [1.29, 1.82) is 0 Å². The Morgan fingerprint density at radius 1 is 1.22 bits per heavy atom. The Balaban J connectivity index is 1.59. The molecule has 5 rings (SSSR count). The maximum atomic E-state index is 13.8. The zero-order valence-corrected chi connectivity index (χ0v) is 23.6. The third kappa shape index (κ3) is 4.95. The largest absolute Gasteiger partial charge is 0.353 e. The molecule has 3 heterocycles. The zero-order chi connectivity index (χ0) is 25.6. The van der Waals surface area contributed by atoms with E-state index in [4.69, 9.17) is 0 Å². The molecule has 0 saturated heterocycles. The van der Waals surface area contributed by atoms with Crippen molar-refractivity contribution in [3.05, 3.63) is 42.0 Å². The fourth-order valence-corrected chi connectivity index (χ4v) is 6.47. The predicted molar refractivity (Wildman–Crippen MR) is 150 cm³/mol. The van der Waals surface area contributed by atoms with E-state index in [0.717, 1.165) is 40.5 Å². The molecule has 1 amide bonds. The number of nitrogens with zero attached hydrogens (tertiary/aromatic N) is 5. The maximum absolute atomic E-state index is 13.8. The number of halogens is 3. The van der Waals surface area contributed by atoms with Crippen LogP contribution in [0.5, 0.6) is 0 Å². The van der Waals surface area contributed by atoms with Crippen molar-refractivity contribution in [2.45, 2.75) is 31.1 Å². The highest BCUT2D eigenvalue weighted by Gasteiger charge is 2.30. The molecule has 1 atom stereocenters. The number of benzene rings is 1. The second kappa shape index (κ2) is 10.2. The molecule has 0 bridgehead atoms. The minimum absolute atomic E-state index is 0.0164. The minimum atomic E-state index is -2.75. The lowest BCUT2D eigenvalue weighted by Crippen LogP contribution is -2.14. The number of thioether (sulfide) groups is 1. The number of pyridine rings is 1. The highest BCUT2D eigenvalue weighted by atomic mass is 127. The van der Waals surface area contributed by atoms with Gasteiger partial charge in [0.05, 0.1) is 23.4 Å². The summed E-state index contributed by atoms with van der Waals surface area (Å²) in [4.78, 5) is 26.7. The van der Waals surface area contributed by atoms with Crippen LogP contribution in [0.4, 0.5) is 26.0 Å². The average Bonchev–Trinajstić information content (AvgIpc) is 3.55. The van der Waals surface area contributed by atoms with Crippen LogP contribution in [-0.2, 0) is 11.8 Å². The normalized spacial score (nSPS) is 13.9. The number of rotatable bonds is 8. The fraction of sp³-hybridized carbons (Fsp3) is 0.304. The Hall–Kier alpha value is -2.31. The Labute approximate surface area is 225 Å². The van der Waals surface area contributed by atoms with E-state index < -0.39 is 6.43 Å². The van der Waals surface area contributed by atoms with Crippen LogP contribution in [-0.4, -0.2) is 36.0 Å². The molecule has 188 valence electrons. The molecule has 0 radical (unpaired) electrons. The van der Waals surface area contributed by atoms with Crippen molar-refractivity contribution in [3.8, 4) is 11.4 Å². The molecular weight excluding hydrogens is 618 g/mol. The summed E-state index contributed by atoms with van der Waals surface area (Å²) in [5.41, 5.74) is 3.82. The summed E-state index contributed by atoms with van der Waals surface area (Å²) in [5.74, 6) is 0.699. The molecule has 1 saturated carbocycles. The van der Waals surface area contributed by atoms with Gasteiger partial charge in [0, 0.05) is 35.7 Å². The lowest BCUT2D eigenvalue weighted by molar-refractivity contribution is -0.117. The molecular formula is C23H23F2IN7OPS. The molecule has 4 aromatic rings. The Bertz CT molecular complexity index is 1470. The van der Waals surface area contributed by atoms with Crippen molar-refractivity contribution in [2.24, 2.45) is 13.0 Å². The van der Waals surface area contributed by atoms with Crippen molar-refractivity contribution in [1.82, 2.24) is 23.9 Å². The Kier molecular flexibility index (Phi) is 7.19. The second-order valence-electron chi connectivity index (χ2n) is 8.54. The third-order valence-electron chi connectivity index (χ3n) is 5.85. The molecule has 3 aromatic heterocycles. The summed E-state index contributed by atoms with van der Waals surface area (Å²) < 4.78 is 30.9. The number of fused-ring (bicyclic) bond motifs is 1. The van der Waals surface area contributed by atoms with Crippen molar-refractivity contribution in [2.75, 3.05) is 16.9 Å². The number of aryl methyl sites for hydroxylation is 2. The summed E-state index contributed by atoms with van der Waals surface area (Å²) in [6.45, 7) is 1.95. The van der Waals surface area contributed by atoms with Crippen LogP contribution in [0.3, 0.4) is 0 Å². The van der Waals surface area contributed by atoms with Gasteiger partial charge in [-0.05, 0) is 66.3 Å². The molecule has 1 aliphatic rings. The van der Waals surface area contributed by atoms with E-state index in [1.54, 1.807) is 17.8 Å². The van der Waals surface area contributed by atoms with Gasteiger partial charge in [-0.25, -0.2) is 23.7 Å². The average molecular weight is 641 g/mol. The van der Waals surface area contributed by atoms with Crippen molar-refractivity contribution in [3.63, 3.8) is 0 Å². The van der Waals surface area contributed by atoms with Gasteiger partial charge in [-0.15, -0.1) is 11.8 Å². The first-order valence-corrected chi connectivity index (χ1v) is 16.4. The smallest absolute Gasteiger partial charge is 0.295 e. The fourth-order valence-electron chi connectivity index (χ4n) is 3.99. The van der Waals surface area contributed by atoms with E-state index in [2.05, 4.69) is 25.6 Å². The van der Waals surface area contributed by atoms with Crippen LogP contribution in [0.2, 0.25) is 0 Å². The lowest BCUT2D eigenvalue weighted by atomic mass is 10.2. The summed E-state index contributed by atoms with van der Waals surface area (Å²) in [6, 6.07) is 7.60. The van der Waals surface area contributed by atoms with Gasteiger partial charge in [-0.1, -0.05) is 0 Å². The van der Waals surface area contributed by atoms with Gasteiger partial charge in [-0.3, -0.25) is 9.13 Å². The van der Waals surface area contributed by atoms with Crippen molar-refractivity contribution >= 4 is 74.4 Å². The number of hydrogen-bond donors (Lipinski definition) is 2. The molecule has 36 heavy (non-hydrogen) atoms. The van der Waals surface area contributed by atoms with Gasteiger partial charge in [0.25, 0.3) is 6.43 Å². The van der Waals surface area contributed by atoms with E-state index in [9.17, 15) is 13.6 Å². The number of nitrogens with one attached hydrogen (secondary N) is 2. The molecule has 0 spiro atoms. The molecule has 1 unspecified atom stereocenters. The van der Waals surface area contributed by atoms with E-state index in [1.807, 2.05) is 71.2 Å². The van der Waals surface area contributed by atoms with Crippen LogP contribution in [0.1, 0.15) is 30.8 Å². The highest BCUT2D eigenvalue weighted by molar-refractivity contribution is 14.2. The second-order valence-corrected chi connectivity index (χ2v) is 11.4. The quantitative estimate of drug-likeness (QED) is 0.127.